The van der Waals surface area contributed by atoms with Gasteiger partial charge in [0.1, 0.15) is 19.6 Å². The maximum Gasteiger partial charge on any atom is 0.304 e. The van der Waals surface area contributed by atoms with E-state index < -0.39 is 5.97 Å². The number of nitrogens with one attached hydrogen (secondary N) is 1. The van der Waals surface area contributed by atoms with Crippen LogP contribution in [-0.2, 0) is 9.53 Å². The molecule has 1 atom stereocenters. The molecule has 1 aromatic rings. The molecule has 20 heavy (non-hydrogen) atoms. The lowest BCUT2D eigenvalue weighted by Crippen LogP contribution is -3.14. The second kappa shape index (κ2) is 7.68. The van der Waals surface area contributed by atoms with Crippen molar-refractivity contribution in [3.63, 3.8) is 0 Å². The summed E-state index contributed by atoms with van der Waals surface area (Å²) in [6, 6.07) is 9.62. The number of carboxylic acids is 1. The van der Waals surface area contributed by atoms with Gasteiger partial charge in [0.15, 0.2) is 0 Å². The summed E-state index contributed by atoms with van der Waals surface area (Å²) in [6.45, 7) is 4.28. The van der Waals surface area contributed by atoms with Crippen molar-refractivity contribution in [3.05, 3.63) is 35.9 Å². The summed E-state index contributed by atoms with van der Waals surface area (Å²) in [5.74, 6) is 5.23. The van der Waals surface area contributed by atoms with Gasteiger partial charge in [-0.25, -0.2) is 0 Å². The van der Waals surface area contributed by atoms with Crippen LogP contribution < -0.4 is 4.90 Å². The first-order valence-corrected chi connectivity index (χ1v) is 6.92. The van der Waals surface area contributed by atoms with Gasteiger partial charge < -0.3 is 14.7 Å². The van der Waals surface area contributed by atoms with Crippen molar-refractivity contribution in [1.82, 2.24) is 0 Å². The summed E-state index contributed by atoms with van der Waals surface area (Å²) in [5.41, 5.74) is 0.972. The quantitative estimate of drug-likeness (QED) is 0.769. The van der Waals surface area contributed by atoms with Gasteiger partial charge in [-0.05, 0) is 11.5 Å². The number of carbonyl (C=O) groups is 1. The average molecular weight is 274 g/mol. The van der Waals surface area contributed by atoms with Crippen LogP contribution in [0.2, 0.25) is 0 Å². The molecule has 1 saturated heterocycles. The number of ether oxygens (including phenoxy) is 1. The zero-order chi connectivity index (χ0) is 14.2. The minimum Gasteiger partial charge on any atom is -0.481 e. The van der Waals surface area contributed by atoms with Crippen molar-refractivity contribution < 1.29 is 19.5 Å². The van der Waals surface area contributed by atoms with Crippen LogP contribution in [0.15, 0.2) is 30.3 Å². The topological polar surface area (TPSA) is 51.0 Å². The molecule has 1 fully saturated rings. The van der Waals surface area contributed by atoms with E-state index in [1.54, 1.807) is 0 Å². The highest BCUT2D eigenvalue weighted by Crippen LogP contribution is 2.18. The molecule has 4 heteroatoms. The van der Waals surface area contributed by atoms with E-state index in [1.165, 1.54) is 4.90 Å². The molecule has 1 aliphatic rings. The Balaban J connectivity index is 1.99. The highest BCUT2D eigenvalue weighted by molar-refractivity contribution is 5.68. The molecule has 0 spiro atoms. The molecule has 4 nitrogen and oxygen atoms in total. The Bertz CT molecular complexity index is 483. The third kappa shape index (κ3) is 4.69. The maximum atomic E-state index is 11.0. The number of hydrogen-bond donors (Lipinski definition) is 2. The fraction of sp³-hybridized carbons (Fsp3) is 0.438. The second-order valence-electron chi connectivity index (χ2n) is 4.92. The number of morpholine rings is 1. The third-order valence-electron chi connectivity index (χ3n) is 3.40. The number of aliphatic carboxylic acids is 1. The van der Waals surface area contributed by atoms with Gasteiger partial charge in [0.2, 0.25) is 0 Å². The molecule has 2 N–H and O–H groups in total. The van der Waals surface area contributed by atoms with E-state index in [4.69, 9.17) is 9.84 Å². The lowest BCUT2D eigenvalue weighted by atomic mass is 9.96. The van der Waals surface area contributed by atoms with Crippen LogP contribution in [0.3, 0.4) is 0 Å². The number of hydrogen-bond acceptors (Lipinski definition) is 2. The molecule has 0 bridgehead atoms. The van der Waals surface area contributed by atoms with E-state index in [1.807, 2.05) is 30.3 Å². The van der Waals surface area contributed by atoms with Crippen LogP contribution in [-0.4, -0.2) is 43.9 Å². The molecule has 0 aliphatic carbocycles. The molecular weight excluding hydrogens is 254 g/mol. The van der Waals surface area contributed by atoms with E-state index in [9.17, 15) is 4.79 Å². The zero-order valence-electron chi connectivity index (χ0n) is 11.5. The van der Waals surface area contributed by atoms with Crippen molar-refractivity contribution in [2.75, 3.05) is 32.8 Å². The summed E-state index contributed by atoms with van der Waals surface area (Å²) >= 11 is 0. The molecular formula is C16H20NO3+. The highest BCUT2D eigenvalue weighted by atomic mass is 16.5. The zero-order valence-corrected chi connectivity index (χ0v) is 11.5. The first-order chi connectivity index (χ1) is 9.75. The average Bonchev–Trinajstić information content (AvgIpc) is 2.48. The Kier molecular flexibility index (Phi) is 5.60. The van der Waals surface area contributed by atoms with Crippen LogP contribution in [0.1, 0.15) is 17.9 Å². The van der Waals surface area contributed by atoms with Gasteiger partial charge in [-0.2, -0.15) is 0 Å². The van der Waals surface area contributed by atoms with Crippen LogP contribution in [0.5, 0.6) is 0 Å². The molecule has 106 valence electrons. The van der Waals surface area contributed by atoms with Crippen LogP contribution in [0.4, 0.5) is 0 Å². The Morgan fingerprint density at radius 1 is 1.30 bits per heavy atom. The van der Waals surface area contributed by atoms with Gasteiger partial charge in [0.05, 0.1) is 25.6 Å². The Morgan fingerprint density at radius 3 is 2.65 bits per heavy atom. The summed E-state index contributed by atoms with van der Waals surface area (Å²) in [4.78, 5) is 12.4. The Morgan fingerprint density at radius 2 is 2.00 bits per heavy atom. The number of benzene rings is 1. The minimum absolute atomic E-state index is 0.0510. The number of rotatable bonds is 4. The van der Waals surface area contributed by atoms with Gasteiger partial charge in [-0.15, -0.1) is 0 Å². The fourth-order valence-electron chi connectivity index (χ4n) is 2.25. The van der Waals surface area contributed by atoms with Crippen molar-refractivity contribution in [2.45, 2.75) is 12.3 Å². The third-order valence-corrected chi connectivity index (χ3v) is 3.40. The van der Waals surface area contributed by atoms with Gasteiger partial charge in [0, 0.05) is 0 Å². The lowest BCUT2D eigenvalue weighted by molar-refractivity contribution is -0.900. The molecule has 0 radical (unpaired) electrons. The summed E-state index contributed by atoms with van der Waals surface area (Å²) in [5, 5.41) is 9.00. The van der Waals surface area contributed by atoms with Crippen molar-refractivity contribution in [1.29, 1.82) is 0 Å². The molecule has 1 aromatic carbocycles. The molecule has 1 unspecified atom stereocenters. The predicted octanol–water partition coefficient (Wildman–Crippen LogP) is 0.163. The van der Waals surface area contributed by atoms with Gasteiger partial charge in [0.25, 0.3) is 0 Å². The normalized spacial score (nSPS) is 17.0. The van der Waals surface area contributed by atoms with E-state index in [0.717, 1.165) is 38.4 Å². The minimum atomic E-state index is -0.813. The number of carboxylic acid groups (broad SMARTS) is 1. The smallest absolute Gasteiger partial charge is 0.304 e. The highest BCUT2D eigenvalue weighted by Gasteiger charge is 2.14. The van der Waals surface area contributed by atoms with E-state index in [-0.39, 0.29) is 12.3 Å². The van der Waals surface area contributed by atoms with Gasteiger partial charge in [-0.1, -0.05) is 36.3 Å². The molecule has 1 aliphatic heterocycles. The summed E-state index contributed by atoms with van der Waals surface area (Å²) in [6.07, 6.45) is 0.0510. The molecule has 1 heterocycles. The lowest BCUT2D eigenvalue weighted by Gasteiger charge is -2.21. The van der Waals surface area contributed by atoms with Crippen molar-refractivity contribution >= 4 is 5.97 Å². The van der Waals surface area contributed by atoms with Crippen LogP contribution in [0, 0.1) is 11.8 Å². The second-order valence-corrected chi connectivity index (χ2v) is 4.92. The van der Waals surface area contributed by atoms with Gasteiger partial charge in [-0.3, -0.25) is 4.79 Å². The molecule has 0 saturated carbocycles. The molecule has 0 aromatic heterocycles. The number of quaternary nitrogens is 1. The monoisotopic (exact) mass is 274 g/mol. The predicted molar refractivity (Wildman–Crippen MR) is 75.6 cm³/mol. The van der Waals surface area contributed by atoms with Crippen molar-refractivity contribution in [3.8, 4) is 11.8 Å². The first-order valence-electron chi connectivity index (χ1n) is 6.92. The SMILES string of the molecule is O=C(O)CC(C#CC[NH+]1CCOCC1)c1ccccc1. The van der Waals surface area contributed by atoms with E-state index in [0.29, 0.717) is 0 Å². The van der Waals surface area contributed by atoms with Crippen molar-refractivity contribution in [2.24, 2.45) is 0 Å². The first kappa shape index (κ1) is 14.6. The standard InChI is InChI=1S/C16H19NO3/c18-16(19)13-15(14-5-2-1-3-6-14)7-4-8-17-9-11-20-12-10-17/h1-3,5-6,15H,8-13H2,(H,18,19)/p+1. The summed E-state index contributed by atoms with van der Waals surface area (Å²) in [7, 11) is 0. The van der Waals surface area contributed by atoms with Gasteiger partial charge >= 0.3 is 5.97 Å². The Hall–Kier alpha value is -1.83. The van der Waals surface area contributed by atoms with Crippen LogP contribution >= 0.6 is 0 Å². The Labute approximate surface area is 119 Å². The van der Waals surface area contributed by atoms with E-state index in [2.05, 4.69) is 11.8 Å². The summed E-state index contributed by atoms with van der Waals surface area (Å²) < 4.78 is 5.30. The largest absolute Gasteiger partial charge is 0.481 e. The fourth-order valence-corrected chi connectivity index (χ4v) is 2.25. The maximum absolute atomic E-state index is 11.0. The molecule has 2 rings (SSSR count). The van der Waals surface area contributed by atoms with E-state index >= 15 is 0 Å². The van der Waals surface area contributed by atoms with Crippen LogP contribution in [0.25, 0.3) is 0 Å². The molecule has 0 amide bonds.